The second-order valence-corrected chi connectivity index (χ2v) is 4.86. The molecule has 0 bridgehead atoms. The van der Waals surface area contributed by atoms with Gasteiger partial charge in [-0.2, -0.15) is 0 Å². The zero-order chi connectivity index (χ0) is 14.9. The normalized spacial score (nSPS) is 10.8. The van der Waals surface area contributed by atoms with Gasteiger partial charge in [-0.1, -0.05) is 6.07 Å². The van der Waals surface area contributed by atoms with Crippen LogP contribution in [0.25, 0.3) is 10.8 Å². The fraction of sp³-hybridized carbons (Fsp3) is 0.200. The molecule has 0 aromatic heterocycles. The number of aromatic carboxylic acids is 1. The highest BCUT2D eigenvalue weighted by atomic mass is 16.4. The fourth-order valence-corrected chi connectivity index (χ4v) is 2.01. The third-order valence-corrected chi connectivity index (χ3v) is 2.85. The van der Waals surface area contributed by atoms with Gasteiger partial charge in [-0.05, 0) is 48.9 Å². The predicted octanol–water partition coefficient (Wildman–Crippen LogP) is 2.38. The smallest absolute Gasteiger partial charge is 0.336 e. The van der Waals surface area contributed by atoms with E-state index >= 15 is 0 Å². The summed E-state index contributed by atoms with van der Waals surface area (Å²) in [5, 5.41) is 22.4. The largest absolute Gasteiger partial charge is 0.508 e. The van der Waals surface area contributed by atoms with Gasteiger partial charge >= 0.3 is 5.97 Å². The minimum Gasteiger partial charge on any atom is -0.508 e. The highest BCUT2D eigenvalue weighted by molar-refractivity contribution is 6.07. The number of nitrogens with one attached hydrogen (secondary N) is 1. The molecule has 0 aliphatic carbocycles. The Bertz CT molecular complexity index is 692. The van der Waals surface area contributed by atoms with E-state index in [1.165, 1.54) is 18.2 Å². The summed E-state index contributed by atoms with van der Waals surface area (Å²) in [4.78, 5) is 23.2. The van der Waals surface area contributed by atoms with Gasteiger partial charge in [0.25, 0.3) is 5.91 Å². The zero-order valence-electron chi connectivity index (χ0n) is 11.2. The van der Waals surface area contributed by atoms with E-state index < -0.39 is 5.97 Å². The second kappa shape index (κ2) is 5.21. The van der Waals surface area contributed by atoms with Crippen LogP contribution < -0.4 is 5.32 Å². The van der Waals surface area contributed by atoms with E-state index in [2.05, 4.69) is 5.32 Å². The third-order valence-electron chi connectivity index (χ3n) is 2.85. The minimum atomic E-state index is -1.15. The Morgan fingerprint density at radius 2 is 1.85 bits per heavy atom. The molecule has 20 heavy (non-hydrogen) atoms. The standard InChI is InChI=1S/C15H15NO4/c1-8(2)16-14(18)10-4-3-9-5-11(17)7-13(15(19)20)12(9)6-10/h3-8,17H,1-2H3,(H,16,18)(H,19,20). The van der Waals surface area contributed by atoms with Crippen molar-refractivity contribution in [3.8, 4) is 5.75 Å². The molecule has 2 aromatic carbocycles. The Balaban J connectivity index is 2.58. The molecule has 1 amide bonds. The molecule has 0 atom stereocenters. The van der Waals surface area contributed by atoms with Gasteiger partial charge in [0.1, 0.15) is 5.75 Å². The zero-order valence-corrected chi connectivity index (χ0v) is 11.2. The van der Waals surface area contributed by atoms with Gasteiger partial charge in [0, 0.05) is 11.6 Å². The molecule has 104 valence electrons. The van der Waals surface area contributed by atoms with Crippen molar-refractivity contribution >= 4 is 22.6 Å². The lowest BCUT2D eigenvalue weighted by atomic mass is 10.0. The van der Waals surface area contributed by atoms with Gasteiger partial charge in [0.2, 0.25) is 0 Å². The van der Waals surface area contributed by atoms with E-state index in [4.69, 9.17) is 0 Å². The monoisotopic (exact) mass is 273 g/mol. The summed E-state index contributed by atoms with van der Waals surface area (Å²) in [5.74, 6) is -1.52. The SMILES string of the molecule is CC(C)NC(=O)c1ccc2cc(O)cc(C(=O)O)c2c1. The van der Waals surface area contributed by atoms with E-state index in [-0.39, 0.29) is 23.3 Å². The molecule has 2 rings (SSSR count). The lowest BCUT2D eigenvalue weighted by molar-refractivity contribution is 0.0698. The molecule has 2 aromatic rings. The van der Waals surface area contributed by atoms with E-state index in [0.29, 0.717) is 16.3 Å². The summed E-state index contributed by atoms with van der Waals surface area (Å²) in [7, 11) is 0. The number of rotatable bonds is 3. The highest BCUT2D eigenvalue weighted by Crippen LogP contribution is 2.26. The molecule has 5 heteroatoms. The number of phenols is 1. The number of carbonyl (C=O) groups excluding carboxylic acids is 1. The predicted molar refractivity (Wildman–Crippen MR) is 75.2 cm³/mol. The van der Waals surface area contributed by atoms with E-state index in [9.17, 15) is 19.8 Å². The van der Waals surface area contributed by atoms with Crippen LogP contribution in [0.1, 0.15) is 34.6 Å². The molecule has 0 saturated heterocycles. The first-order chi connectivity index (χ1) is 9.38. The van der Waals surface area contributed by atoms with Crippen LogP contribution in [0.15, 0.2) is 30.3 Å². The van der Waals surface area contributed by atoms with Crippen molar-refractivity contribution in [1.29, 1.82) is 0 Å². The number of hydrogen-bond acceptors (Lipinski definition) is 3. The number of carboxylic acid groups (broad SMARTS) is 1. The van der Waals surface area contributed by atoms with Gasteiger partial charge in [-0.25, -0.2) is 4.79 Å². The van der Waals surface area contributed by atoms with Crippen LogP contribution in [-0.2, 0) is 0 Å². The number of benzene rings is 2. The average Bonchev–Trinajstić information content (AvgIpc) is 2.36. The Hall–Kier alpha value is -2.56. The average molecular weight is 273 g/mol. The first kappa shape index (κ1) is 13.9. The topological polar surface area (TPSA) is 86.6 Å². The molecule has 0 fully saturated rings. The number of fused-ring (bicyclic) bond motifs is 1. The summed E-state index contributed by atoms with van der Waals surface area (Å²) >= 11 is 0. The summed E-state index contributed by atoms with van der Waals surface area (Å²) < 4.78 is 0. The third kappa shape index (κ3) is 2.71. The molecule has 0 heterocycles. The van der Waals surface area contributed by atoms with Crippen molar-refractivity contribution in [2.24, 2.45) is 0 Å². The van der Waals surface area contributed by atoms with Crippen LogP contribution in [0, 0.1) is 0 Å². The number of hydrogen-bond donors (Lipinski definition) is 3. The molecule has 5 nitrogen and oxygen atoms in total. The van der Waals surface area contributed by atoms with Crippen LogP contribution >= 0.6 is 0 Å². The maximum absolute atomic E-state index is 11.9. The van der Waals surface area contributed by atoms with Crippen molar-refractivity contribution in [2.75, 3.05) is 0 Å². The van der Waals surface area contributed by atoms with Crippen molar-refractivity contribution in [3.05, 3.63) is 41.5 Å². The second-order valence-electron chi connectivity index (χ2n) is 4.86. The molecule has 0 spiro atoms. The Labute approximate surface area is 115 Å². The number of carboxylic acids is 1. The van der Waals surface area contributed by atoms with Crippen molar-refractivity contribution in [2.45, 2.75) is 19.9 Å². The minimum absolute atomic E-state index is 0.00282. The summed E-state index contributed by atoms with van der Waals surface area (Å²) in [6, 6.07) is 7.38. The van der Waals surface area contributed by atoms with Crippen LogP contribution in [-0.4, -0.2) is 28.1 Å². The van der Waals surface area contributed by atoms with Crippen molar-refractivity contribution in [1.82, 2.24) is 5.32 Å². The Kier molecular flexibility index (Phi) is 3.61. The molecule has 0 saturated carbocycles. The fourth-order valence-electron chi connectivity index (χ4n) is 2.01. The van der Waals surface area contributed by atoms with Crippen molar-refractivity contribution in [3.63, 3.8) is 0 Å². The van der Waals surface area contributed by atoms with Gasteiger partial charge < -0.3 is 15.5 Å². The number of phenolic OH excluding ortho intramolecular Hbond substituents is 1. The van der Waals surface area contributed by atoms with Crippen molar-refractivity contribution < 1.29 is 19.8 Å². The lowest BCUT2D eigenvalue weighted by Gasteiger charge is -2.10. The first-order valence-electron chi connectivity index (χ1n) is 6.19. The number of amides is 1. The molecule has 0 radical (unpaired) electrons. The summed E-state index contributed by atoms with van der Waals surface area (Å²) in [6.45, 7) is 3.69. The number of aromatic hydroxyl groups is 1. The van der Waals surface area contributed by atoms with E-state index in [1.807, 2.05) is 13.8 Å². The van der Waals surface area contributed by atoms with Crippen LogP contribution in [0.4, 0.5) is 0 Å². The van der Waals surface area contributed by atoms with Crippen LogP contribution in [0.3, 0.4) is 0 Å². The van der Waals surface area contributed by atoms with Gasteiger partial charge in [0.15, 0.2) is 0 Å². The number of carbonyl (C=O) groups is 2. The Morgan fingerprint density at radius 1 is 1.15 bits per heavy atom. The van der Waals surface area contributed by atoms with E-state index in [1.54, 1.807) is 12.1 Å². The highest BCUT2D eigenvalue weighted by Gasteiger charge is 2.13. The summed E-state index contributed by atoms with van der Waals surface area (Å²) in [5.41, 5.74) is 0.360. The molecular formula is C15H15NO4. The maximum Gasteiger partial charge on any atom is 0.336 e. The molecule has 0 unspecified atom stereocenters. The van der Waals surface area contributed by atoms with E-state index in [0.717, 1.165) is 0 Å². The maximum atomic E-state index is 11.9. The van der Waals surface area contributed by atoms with Gasteiger partial charge in [0.05, 0.1) is 5.56 Å². The molecular weight excluding hydrogens is 258 g/mol. The Morgan fingerprint density at radius 3 is 2.45 bits per heavy atom. The first-order valence-corrected chi connectivity index (χ1v) is 6.19. The summed E-state index contributed by atoms with van der Waals surface area (Å²) in [6.07, 6.45) is 0. The molecule has 0 aliphatic heterocycles. The van der Waals surface area contributed by atoms with Gasteiger partial charge in [-0.3, -0.25) is 4.79 Å². The molecule has 3 N–H and O–H groups in total. The quantitative estimate of drug-likeness (QED) is 0.801. The van der Waals surface area contributed by atoms with Gasteiger partial charge in [-0.15, -0.1) is 0 Å². The van der Waals surface area contributed by atoms with Crippen LogP contribution in [0.2, 0.25) is 0 Å². The molecule has 0 aliphatic rings. The lowest BCUT2D eigenvalue weighted by Crippen LogP contribution is -2.30. The van der Waals surface area contributed by atoms with Crippen LogP contribution in [0.5, 0.6) is 5.75 Å².